The van der Waals surface area contributed by atoms with E-state index in [1.165, 1.54) is 30.7 Å². The fourth-order valence-corrected chi connectivity index (χ4v) is 9.70. The molecule has 5 aliphatic rings. The molecule has 1 atom stereocenters. The molecule has 1 spiro atoms. The molecule has 6 amide bonds. The molecule has 1 aromatic heterocycles. The third-order valence-electron chi connectivity index (χ3n) is 13.9. The van der Waals surface area contributed by atoms with Crippen LogP contribution in [0.15, 0.2) is 67.2 Å². The fourth-order valence-electron chi connectivity index (χ4n) is 9.70. The van der Waals surface area contributed by atoms with Gasteiger partial charge in [-0.1, -0.05) is 32.0 Å². The third-order valence-corrected chi connectivity index (χ3v) is 13.9. The number of piperidine rings is 3. The van der Waals surface area contributed by atoms with Crippen molar-refractivity contribution in [3.63, 3.8) is 0 Å². The number of hydrogen-bond donors (Lipinski definition) is 5. The third kappa shape index (κ3) is 13.4. The number of benzene rings is 2. The van der Waals surface area contributed by atoms with Gasteiger partial charge in [0, 0.05) is 75.8 Å². The molecule has 0 bridgehead atoms. The number of ether oxygens (including phenoxy) is 3. The number of imide groups is 2. The number of amides is 6. The number of likely N-dealkylation sites (tertiary alicyclic amines) is 1. The molecule has 4 fully saturated rings. The SMILES string of the molecule is CC1(C)CCN(Cc2ccc(N3CC(=O)NC4(CCN(c5cc(NCCCNC(=O)C=COCCOCCOCCNc6cccc7c6C(=O)N(C6CCC(=O)NC6=O)C7=O)ncn5)CC4)C3)cc2)CC1. The summed E-state index contributed by atoms with van der Waals surface area (Å²) < 4.78 is 16.5. The quantitative estimate of drug-likeness (QED) is 0.0422. The highest BCUT2D eigenvalue weighted by Gasteiger charge is 2.46. The van der Waals surface area contributed by atoms with Gasteiger partial charge in [-0.25, -0.2) is 9.97 Å². The molecule has 0 radical (unpaired) electrons. The van der Waals surface area contributed by atoms with Gasteiger partial charge in [0.15, 0.2) is 0 Å². The largest absolute Gasteiger partial charge is 0.499 e. The zero-order valence-electron chi connectivity index (χ0n) is 40.8. The number of anilines is 4. The van der Waals surface area contributed by atoms with Gasteiger partial charge < -0.3 is 45.3 Å². The first-order valence-electron chi connectivity index (χ1n) is 24.8. The summed E-state index contributed by atoms with van der Waals surface area (Å²) >= 11 is 0. The predicted molar refractivity (Wildman–Crippen MR) is 266 cm³/mol. The summed E-state index contributed by atoms with van der Waals surface area (Å²) in [6.45, 7) is 13.5. The van der Waals surface area contributed by atoms with Crippen molar-refractivity contribution >= 4 is 58.5 Å². The van der Waals surface area contributed by atoms with E-state index in [9.17, 15) is 28.8 Å². The topological polar surface area (TPSA) is 229 Å². The normalized spacial score (nSPS) is 20.0. The molecule has 3 aromatic rings. The van der Waals surface area contributed by atoms with E-state index in [4.69, 9.17) is 14.2 Å². The first-order chi connectivity index (χ1) is 34.3. The van der Waals surface area contributed by atoms with E-state index in [-0.39, 0.29) is 47.9 Å². The smallest absolute Gasteiger partial charge is 0.264 e. The minimum Gasteiger partial charge on any atom is -0.499 e. The van der Waals surface area contributed by atoms with Gasteiger partial charge in [0.25, 0.3) is 11.8 Å². The summed E-state index contributed by atoms with van der Waals surface area (Å²) in [6, 6.07) is 14.6. The van der Waals surface area contributed by atoms with Gasteiger partial charge in [0.05, 0.1) is 55.9 Å². The second kappa shape index (κ2) is 23.5. The van der Waals surface area contributed by atoms with Gasteiger partial charge in [-0.2, -0.15) is 0 Å². The Morgan fingerprint density at radius 3 is 2.35 bits per heavy atom. The van der Waals surface area contributed by atoms with E-state index in [0.717, 1.165) is 68.5 Å². The minimum absolute atomic E-state index is 0.0522. The summed E-state index contributed by atoms with van der Waals surface area (Å²) in [5.74, 6) is -0.892. The second-order valence-corrected chi connectivity index (χ2v) is 19.6. The highest BCUT2D eigenvalue weighted by atomic mass is 16.5. The van der Waals surface area contributed by atoms with Crippen LogP contribution in [0.4, 0.5) is 23.0 Å². The van der Waals surface area contributed by atoms with Crippen molar-refractivity contribution in [2.45, 2.75) is 76.9 Å². The zero-order chi connectivity index (χ0) is 49.8. The Balaban J connectivity index is 0.646. The first kappa shape index (κ1) is 50.7. The molecule has 2 aromatic carbocycles. The number of hydrogen-bond acceptors (Lipinski definition) is 16. The van der Waals surface area contributed by atoms with Crippen molar-refractivity contribution in [1.82, 2.24) is 35.7 Å². The molecule has 0 saturated carbocycles. The number of nitrogens with one attached hydrogen (secondary N) is 5. The van der Waals surface area contributed by atoms with Crippen LogP contribution in [0.1, 0.15) is 85.1 Å². The maximum atomic E-state index is 13.2. The van der Waals surface area contributed by atoms with Crippen LogP contribution in [0, 0.1) is 5.41 Å². The highest BCUT2D eigenvalue weighted by molar-refractivity contribution is 6.25. The van der Waals surface area contributed by atoms with Gasteiger partial charge in [-0.15, -0.1) is 0 Å². The summed E-state index contributed by atoms with van der Waals surface area (Å²) in [7, 11) is 0. The molecular formula is C51H67N11O9. The van der Waals surface area contributed by atoms with E-state index < -0.39 is 29.7 Å². The number of aromatic nitrogens is 2. The van der Waals surface area contributed by atoms with Gasteiger partial charge >= 0.3 is 0 Å². The van der Waals surface area contributed by atoms with Gasteiger partial charge in [-0.05, 0) is 86.9 Å². The van der Waals surface area contributed by atoms with Crippen LogP contribution < -0.4 is 36.4 Å². The predicted octanol–water partition coefficient (Wildman–Crippen LogP) is 3.07. The van der Waals surface area contributed by atoms with Crippen LogP contribution in [-0.4, -0.2) is 159 Å². The molecule has 20 nitrogen and oxygen atoms in total. The van der Waals surface area contributed by atoms with E-state index in [1.807, 2.05) is 6.07 Å². The standard InChI is InChI=1S/C51H67N11O9/c1-50(2)14-21-59(22-15-50)32-36-7-9-37(10-8-36)61-33-45(65)58-51(34-61)16-23-60(24-17-51)42-31-41(55-35-56-42)53-18-4-19-54-43(63)13-25-69-27-29-71-30-28-70-26-20-52-39-6-3-5-38-46(39)49(68)62(48(38)67)40-11-12-44(64)57-47(40)66/h3,5-10,13,25,31,35,40,52H,4,11-12,14-24,26-30,32-34H2,1-2H3,(H,54,63)(H,58,65)(H,53,55,56)(H,57,64,66). The maximum absolute atomic E-state index is 13.2. The molecule has 4 saturated heterocycles. The molecule has 1 unspecified atom stereocenters. The Kier molecular flexibility index (Phi) is 16.8. The van der Waals surface area contributed by atoms with Crippen molar-refractivity contribution in [3.8, 4) is 0 Å². The van der Waals surface area contributed by atoms with Crippen molar-refractivity contribution < 1.29 is 43.0 Å². The molecule has 0 aliphatic carbocycles. The maximum Gasteiger partial charge on any atom is 0.264 e. The molecular weight excluding hydrogens is 911 g/mol. The molecule has 380 valence electrons. The van der Waals surface area contributed by atoms with E-state index >= 15 is 0 Å². The molecule has 6 heterocycles. The average Bonchev–Trinajstić information content (AvgIpc) is 3.61. The molecule has 20 heteroatoms. The van der Waals surface area contributed by atoms with Gasteiger partial charge in [0.2, 0.25) is 23.6 Å². The number of rotatable bonds is 22. The Labute approximate surface area is 414 Å². The Morgan fingerprint density at radius 1 is 0.817 bits per heavy atom. The Bertz CT molecular complexity index is 2410. The lowest BCUT2D eigenvalue weighted by molar-refractivity contribution is -0.136. The van der Waals surface area contributed by atoms with Crippen LogP contribution in [0.3, 0.4) is 0 Å². The first-order valence-corrected chi connectivity index (χ1v) is 24.8. The monoisotopic (exact) mass is 978 g/mol. The lowest BCUT2D eigenvalue weighted by Gasteiger charge is -2.48. The molecule has 5 aliphatic heterocycles. The summed E-state index contributed by atoms with van der Waals surface area (Å²) in [5, 5.41) is 14.9. The van der Waals surface area contributed by atoms with Crippen LogP contribution in [-0.2, 0) is 39.9 Å². The van der Waals surface area contributed by atoms with Gasteiger partial charge in [-0.3, -0.25) is 43.9 Å². The Hall–Kier alpha value is -6.64. The number of piperazine rings is 1. The van der Waals surface area contributed by atoms with Crippen LogP contribution in [0.5, 0.6) is 0 Å². The van der Waals surface area contributed by atoms with Crippen LogP contribution in [0.25, 0.3) is 0 Å². The molecule has 71 heavy (non-hydrogen) atoms. The number of nitrogens with zero attached hydrogens (tertiary/aromatic N) is 6. The van der Waals surface area contributed by atoms with Crippen molar-refractivity contribution in [2.75, 3.05) is 112 Å². The van der Waals surface area contributed by atoms with Gasteiger partial charge in [0.1, 0.15) is 30.6 Å². The summed E-state index contributed by atoms with van der Waals surface area (Å²) in [6.07, 6.45) is 9.11. The zero-order valence-corrected chi connectivity index (χ0v) is 40.8. The number of carbonyl (C=O) groups excluding carboxylic acids is 6. The Morgan fingerprint density at radius 2 is 1.58 bits per heavy atom. The second-order valence-electron chi connectivity index (χ2n) is 19.6. The minimum atomic E-state index is -1.03. The summed E-state index contributed by atoms with van der Waals surface area (Å²) in [4.78, 5) is 92.4. The average molecular weight is 978 g/mol. The van der Waals surface area contributed by atoms with Crippen molar-refractivity contribution in [1.29, 1.82) is 0 Å². The van der Waals surface area contributed by atoms with Crippen LogP contribution in [0.2, 0.25) is 0 Å². The lowest BCUT2D eigenvalue weighted by Crippen LogP contribution is -2.66. The number of carbonyl (C=O) groups is 6. The van der Waals surface area contributed by atoms with E-state index in [1.54, 1.807) is 24.5 Å². The van der Waals surface area contributed by atoms with E-state index in [0.29, 0.717) is 75.9 Å². The number of fused-ring (bicyclic) bond motifs is 1. The highest BCUT2D eigenvalue weighted by Crippen LogP contribution is 2.34. The molecule has 5 N–H and O–H groups in total. The van der Waals surface area contributed by atoms with E-state index in [2.05, 4.69) is 89.4 Å². The lowest BCUT2D eigenvalue weighted by atomic mass is 9.82. The van der Waals surface area contributed by atoms with Crippen molar-refractivity contribution in [3.05, 3.63) is 83.9 Å². The van der Waals surface area contributed by atoms with Crippen molar-refractivity contribution in [2.24, 2.45) is 5.41 Å². The summed E-state index contributed by atoms with van der Waals surface area (Å²) in [5.41, 5.74) is 3.39. The fraction of sp³-hybridized carbons (Fsp3) is 0.529. The van der Waals surface area contributed by atoms with Crippen LogP contribution >= 0.6 is 0 Å². The molecule has 8 rings (SSSR count).